The Bertz CT molecular complexity index is 399. The molecule has 0 unspecified atom stereocenters. The van der Waals surface area contributed by atoms with Crippen molar-refractivity contribution in [2.75, 3.05) is 13.8 Å². The number of halogens is 1. The van der Waals surface area contributed by atoms with Gasteiger partial charge in [-0.2, -0.15) is 0 Å². The summed E-state index contributed by atoms with van der Waals surface area (Å²) in [6, 6.07) is 0. The molecule has 0 radical (unpaired) electrons. The summed E-state index contributed by atoms with van der Waals surface area (Å²) in [5.41, 5.74) is 0.986. The van der Waals surface area contributed by atoms with E-state index in [1.165, 1.54) is 11.8 Å². The predicted octanol–water partition coefficient (Wildman–Crippen LogP) is 1.69. The number of hydrogen-bond donors (Lipinski definition) is 0. The van der Waals surface area contributed by atoms with Crippen LogP contribution < -0.4 is 0 Å². The van der Waals surface area contributed by atoms with Crippen LogP contribution in [0.1, 0.15) is 47.8 Å². The minimum Gasteiger partial charge on any atom is -0.464 e. The van der Waals surface area contributed by atoms with Crippen molar-refractivity contribution in [3.05, 3.63) is 11.4 Å². The maximum Gasteiger partial charge on any atom is 0.360 e. The van der Waals surface area contributed by atoms with Gasteiger partial charge in [0.05, 0.1) is 19.3 Å². The Balaban J connectivity index is 2.34. The van der Waals surface area contributed by atoms with Crippen molar-refractivity contribution in [2.45, 2.75) is 38.1 Å². The van der Waals surface area contributed by atoms with Gasteiger partial charge in [-0.15, -0.1) is 5.10 Å². The first-order valence-corrected chi connectivity index (χ1v) is 5.85. The van der Waals surface area contributed by atoms with Crippen molar-refractivity contribution >= 4 is 5.97 Å². The highest BCUT2D eigenvalue weighted by Crippen LogP contribution is 2.35. The topological polar surface area (TPSA) is 57.0 Å². The lowest BCUT2D eigenvalue weighted by Crippen LogP contribution is -2.13. The zero-order chi connectivity index (χ0) is 12.3. The lowest BCUT2D eigenvalue weighted by Gasteiger charge is -2.11. The second-order valence-corrected chi connectivity index (χ2v) is 4.21. The van der Waals surface area contributed by atoms with Gasteiger partial charge in [-0.3, -0.25) is 0 Å². The molecule has 1 saturated carbocycles. The van der Waals surface area contributed by atoms with Gasteiger partial charge in [0, 0.05) is 5.92 Å². The molecule has 1 aromatic rings. The molecule has 94 valence electrons. The first-order chi connectivity index (χ1) is 8.27. The number of alkyl halides is 1. The van der Waals surface area contributed by atoms with Gasteiger partial charge in [-0.05, 0) is 12.8 Å². The lowest BCUT2D eigenvalue weighted by atomic mass is 10.0. The summed E-state index contributed by atoms with van der Waals surface area (Å²) in [6.07, 6.45) is 4.27. The number of rotatable bonds is 4. The van der Waals surface area contributed by atoms with Gasteiger partial charge in [0.1, 0.15) is 6.67 Å². The maximum absolute atomic E-state index is 12.4. The summed E-state index contributed by atoms with van der Waals surface area (Å²) in [5.74, 6) is -0.234. The van der Waals surface area contributed by atoms with Crippen LogP contribution in [0.4, 0.5) is 4.39 Å². The number of esters is 1. The van der Waals surface area contributed by atoms with Crippen LogP contribution in [0.5, 0.6) is 0 Å². The van der Waals surface area contributed by atoms with E-state index in [-0.39, 0.29) is 18.2 Å². The highest BCUT2D eigenvalue weighted by atomic mass is 19.1. The first-order valence-electron chi connectivity index (χ1n) is 5.85. The third-order valence-electron chi connectivity index (χ3n) is 3.19. The normalized spacial score (nSPS) is 16.4. The second-order valence-electron chi connectivity index (χ2n) is 4.21. The monoisotopic (exact) mass is 241 g/mol. The third kappa shape index (κ3) is 2.30. The molecule has 0 aromatic carbocycles. The van der Waals surface area contributed by atoms with Crippen LogP contribution in [0.2, 0.25) is 0 Å². The van der Waals surface area contributed by atoms with E-state index >= 15 is 0 Å². The minimum atomic E-state index is -0.510. The first kappa shape index (κ1) is 12.0. The van der Waals surface area contributed by atoms with E-state index < -0.39 is 12.6 Å². The summed E-state index contributed by atoms with van der Waals surface area (Å²) >= 11 is 0. The molecule has 0 amide bonds. The smallest absolute Gasteiger partial charge is 0.360 e. The van der Waals surface area contributed by atoms with E-state index in [2.05, 4.69) is 15.0 Å². The number of hydrogen-bond acceptors (Lipinski definition) is 4. The van der Waals surface area contributed by atoms with Gasteiger partial charge in [-0.25, -0.2) is 13.9 Å². The molecule has 0 saturated heterocycles. The molecule has 5 nitrogen and oxygen atoms in total. The zero-order valence-corrected chi connectivity index (χ0v) is 9.86. The highest BCUT2D eigenvalue weighted by Gasteiger charge is 2.29. The van der Waals surface area contributed by atoms with Crippen molar-refractivity contribution in [2.24, 2.45) is 0 Å². The molecule has 1 heterocycles. The van der Waals surface area contributed by atoms with Gasteiger partial charge >= 0.3 is 5.97 Å². The second kappa shape index (κ2) is 5.25. The molecule has 1 aliphatic carbocycles. The Morgan fingerprint density at radius 2 is 2.24 bits per heavy atom. The Hall–Kier alpha value is -1.46. The molecule has 17 heavy (non-hydrogen) atoms. The molecule has 0 N–H and O–H groups in total. The third-order valence-corrected chi connectivity index (χ3v) is 3.19. The van der Waals surface area contributed by atoms with Gasteiger partial charge < -0.3 is 4.74 Å². The fourth-order valence-corrected chi connectivity index (χ4v) is 2.41. The van der Waals surface area contributed by atoms with Gasteiger partial charge in [0.2, 0.25) is 0 Å². The van der Waals surface area contributed by atoms with Crippen molar-refractivity contribution < 1.29 is 13.9 Å². The van der Waals surface area contributed by atoms with Crippen molar-refractivity contribution in [3.63, 3.8) is 0 Å². The number of ether oxygens (including phenoxy) is 1. The summed E-state index contributed by atoms with van der Waals surface area (Å²) in [5, 5.41) is 7.67. The molecule has 0 spiro atoms. The Kier molecular flexibility index (Phi) is 3.71. The average Bonchev–Trinajstić information content (AvgIpc) is 2.96. The number of aryl methyl sites for hydroxylation is 1. The molecule has 6 heteroatoms. The van der Waals surface area contributed by atoms with Crippen LogP contribution >= 0.6 is 0 Å². The van der Waals surface area contributed by atoms with Crippen molar-refractivity contribution in [3.8, 4) is 0 Å². The lowest BCUT2D eigenvalue weighted by molar-refractivity contribution is 0.0592. The number of nitrogens with zero attached hydrogens (tertiary/aromatic N) is 3. The van der Waals surface area contributed by atoms with Crippen LogP contribution in [0.25, 0.3) is 0 Å². The largest absolute Gasteiger partial charge is 0.464 e. The number of carbonyl (C=O) groups is 1. The molecule has 1 fully saturated rings. The van der Waals surface area contributed by atoms with Crippen molar-refractivity contribution in [1.82, 2.24) is 15.0 Å². The predicted molar refractivity (Wildman–Crippen MR) is 58.5 cm³/mol. The van der Waals surface area contributed by atoms with Crippen LogP contribution in [-0.4, -0.2) is 34.7 Å². The number of methoxy groups -OCH3 is 1. The van der Waals surface area contributed by atoms with Gasteiger partial charge in [0.25, 0.3) is 0 Å². The van der Waals surface area contributed by atoms with Crippen LogP contribution in [0.3, 0.4) is 0 Å². The van der Waals surface area contributed by atoms with E-state index in [1.807, 2.05) is 0 Å². The molecule has 0 atom stereocenters. The maximum atomic E-state index is 12.4. The summed E-state index contributed by atoms with van der Waals surface area (Å²) in [6.45, 7) is -0.362. The van der Waals surface area contributed by atoms with Crippen LogP contribution in [0, 0.1) is 0 Å². The standard InChI is InChI=1S/C11H16FN3O2/c1-17-11(16)9-10(8-4-2-3-5-8)15(7-6-12)14-13-9/h8H,2-7H2,1H3. The fourth-order valence-electron chi connectivity index (χ4n) is 2.41. The quantitative estimate of drug-likeness (QED) is 0.753. The molecule has 1 aliphatic rings. The molecule has 2 rings (SSSR count). The van der Waals surface area contributed by atoms with Gasteiger partial charge in [0.15, 0.2) is 5.69 Å². The van der Waals surface area contributed by atoms with Crippen LogP contribution in [0.15, 0.2) is 0 Å². The summed E-state index contributed by atoms with van der Waals surface area (Å²) < 4.78 is 18.6. The summed E-state index contributed by atoms with van der Waals surface area (Å²) in [4.78, 5) is 11.6. The van der Waals surface area contributed by atoms with Crippen molar-refractivity contribution in [1.29, 1.82) is 0 Å². The van der Waals surface area contributed by atoms with Crippen LogP contribution in [-0.2, 0) is 11.3 Å². The molecular formula is C11H16FN3O2. The number of aromatic nitrogens is 3. The van der Waals surface area contributed by atoms with E-state index in [0.29, 0.717) is 0 Å². The molecule has 0 bridgehead atoms. The molecular weight excluding hydrogens is 225 g/mol. The van der Waals surface area contributed by atoms with E-state index in [4.69, 9.17) is 0 Å². The van der Waals surface area contributed by atoms with E-state index in [1.54, 1.807) is 0 Å². The fraction of sp³-hybridized carbons (Fsp3) is 0.727. The van der Waals surface area contributed by atoms with E-state index in [9.17, 15) is 9.18 Å². The Morgan fingerprint density at radius 1 is 1.53 bits per heavy atom. The molecule has 1 aromatic heterocycles. The Morgan fingerprint density at radius 3 is 2.82 bits per heavy atom. The summed E-state index contributed by atoms with van der Waals surface area (Å²) in [7, 11) is 1.31. The Labute approximate surface area is 98.9 Å². The zero-order valence-electron chi connectivity index (χ0n) is 9.86. The average molecular weight is 241 g/mol. The number of carbonyl (C=O) groups excluding carboxylic acids is 1. The highest BCUT2D eigenvalue weighted by molar-refractivity contribution is 5.88. The minimum absolute atomic E-state index is 0.149. The SMILES string of the molecule is COC(=O)c1nnn(CCF)c1C1CCCC1. The van der Waals surface area contributed by atoms with E-state index in [0.717, 1.165) is 31.4 Å². The van der Waals surface area contributed by atoms with Gasteiger partial charge in [-0.1, -0.05) is 18.1 Å². The molecule has 0 aliphatic heterocycles.